The predicted octanol–water partition coefficient (Wildman–Crippen LogP) is 0.865. The van der Waals surface area contributed by atoms with Crippen LogP contribution in [0, 0.1) is 0 Å². The highest BCUT2D eigenvalue weighted by Gasteiger charge is 2.09. The van der Waals surface area contributed by atoms with Gasteiger partial charge in [0.1, 0.15) is 0 Å². The molecule has 1 rings (SSSR count). The maximum atomic E-state index is 8.78. The summed E-state index contributed by atoms with van der Waals surface area (Å²) in [4.78, 5) is 4.08. The van der Waals surface area contributed by atoms with Gasteiger partial charge >= 0.3 is 0 Å². The van der Waals surface area contributed by atoms with Crippen LogP contribution in [0.5, 0.6) is 0 Å². The Hall–Kier alpha value is -0.970. The van der Waals surface area contributed by atoms with Gasteiger partial charge in [0, 0.05) is 20.4 Å². The molecule has 4 heteroatoms. The lowest BCUT2D eigenvalue weighted by Crippen LogP contribution is -2.05. The molecule has 0 aromatic carbocycles. The molecule has 0 radical (unpaired) electrons. The molecular weight excluding hydrogens is 170 g/mol. The van der Waals surface area contributed by atoms with Crippen LogP contribution in [0.15, 0.2) is 18.3 Å². The van der Waals surface area contributed by atoms with Crippen LogP contribution in [0.25, 0.3) is 0 Å². The molecule has 0 bridgehead atoms. The summed E-state index contributed by atoms with van der Waals surface area (Å²) >= 11 is 0. The third-order valence-corrected chi connectivity index (χ3v) is 1.70. The van der Waals surface area contributed by atoms with E-state index in [0.717, 1.165) is 5.56 Å². The van der Waals surface area contributed by atoms with Gasteiger partial charge in [-0.2, -0.15) is 0 Å². The van der Waals surface area contributed by atoms with Crippen molar-refractivity contribution in [3.63, 3.8) is 0 Å². The molecule has 0 aliphatic rings. The summed E-state index contributed by atoms with van der Waals surface area (Å²) < 4.78 is 10.0. The molecule has 1 aromatic heterocycles. The van der Waals surface area contributed by atoms with Gasteiger partial charge < -0.3 is 14.6 Å². The van der Waals surface area contributed by atoms with E-state index in [-0.39, 0.29) is 6.61 Å². The zero-order chi connectivity index (χ0) is 9.68. The third-order valence-electron chi connectivity index (χ3n) is 1.70. The highest BCUT2D eigenvalue weighted by Crippen LogP contribution is 2.14. The number of hydrogen-bond acceptors (Lipinski definition) is 4. The van der Waals surface area contributed by atoms with E-state index < -0.39 is 6.29 Å². The summed E-state index contributed by atoms with van der Waals surface area (Å²) in [6.07, 6.45) is 1.16. The quantitative estimate of drug-likeness (QED) is 0.703. The smallest absolute Gasteiger partial charge is 0.200 e. The first-order valence-electron chi connectivity index (χ1n) is 3.93. The largest absolute Gasteiger partial charge is 0.392 e. The molecule has 0 saturated carbocycles. The van der Waals surface area contributed by atoms with Gasteiger partial charge in [-0.05, 0) is 11.6 Å². The second-order valence-electron chi connectivity index (χ2n) is 2.55. The molecule has 0 aliphatic heterocycles. The van der Waals surface area contributed by atoms with E-state index in [4.69, 9.17) is 14.6 Å². The fourth-order valence-electron chi connectivity index (χ4n) is 1.01. The Morgan fingerprint density at radius 1 is 1.38 bits per heavy atom. The van der Waals surface area contributed by atoms with Crippen molar-refractivity contribution in [2.75, 3.05) is 14.2 Å². The van der Waals surface area contributed by atoms with Crippen LogP contribution in [0.1, 0.15) is 17.5 Å². The monoisotopic (exact) mass is 183 g/mol. The first-order chi connectivity index (χ1) is 6.31. The number of aromatic nitrogens is 1. The number of methoxy groups -OCH3 is 2. The first kappa shape index (κ1) is 10.1. The molecule has 0 fully saturated rings. The van der Waals surface area contributed by atoms with Crippen molar-refractivity contribution in [3.05, 3.63) is 29.6 Å². The molecule has 13 heavy (non-hydrogen) atoms. The molecule has 4 nitrogen and oxygen atoms in total. The zero-order valence-corrected chi connectivity index (χ0v) is 7.73. The molecule has 1 N–H and O–H groups in total. The number of ether oxygens (including phenoxy) is 2. The molecule has 0 unspecified atom stereocenters. The summed E-state index contributed by atoms with van der Waals surface area (Å²) in [6.45, 7) is -0.00207. The minimum atomic E-state index is -0.437. The van der Waals surface area contributed by atoms with Gasteiger partial charge in [-0.15, -0.1) is 0 Å². The Bertz CT molecular complexity index is 244. The third kappa shape index (κ3) is 2.48. The molecule has 0 saturated heterocycles. The van der Waals surface area contributed by atoms with Crippen molar-refractivity contribution in [1.29, 1.82) is 0 Å². The first-order valence-corrected chi connectivity index (χ1v) is 3.93. The highest BCUT2D eigenvalue weighted by molar-refractivity contribution is 5.13. The minimum Gasteiger partial charge on any atom is -0.392 e. The second-order valence-corrected chi connectivity index (χ2v) is 2.55. The average molecular weight is 183 g/mol. The maximum Gasteiger partial charge on any atom is 0.200 e. The van der Waals surface area contributed by atoms with Gasteiger partial charge in [0.2, 0.25) is 6.29 Å². The van der Waals surface area contributed by atoms with Gasteiger partial charge in [0.25, 0.3) is 0 Å². The minimum absolute atomic E-state index is 0.00207. The van der Waals surface area contributed by atoms with Gasteiger partial charge in [-0.25, -0.2) is 0 Å². The Balaban J connectivity index is 2.78. The van der Waals surface area contributed by atoms with Gasteiger partial charge in [-0.3, -0.25) is 4.98 Å². The Morgan fingerprint density at radius 2 is 2.08 bits per heavy atom. The Labute approximate surface area is 77.1 Å². The van der Waals surface area contributed by atoms with E-state index in [1.165, 1.54) is 0 Å². The van der Waals surface area contributed by atoms with Crippen molar-refractivity contribution >= 4 is 0 Å². The number of aliphatic hydroxyl groups excluding tert-OH is 1. The van der Waals surface area contributed by atoms with E-state index in [1.807, 2.05) is 0 Å². The van der Waals surface area contributed by atoms with Crippen LogP contribution in [0.3, 0.4) is 0 Å². The van der Waals surface area contributed by atoms with Crippen LogP contribution >= 0.6 is 0 Å². The number of rotatable bonds is 4. The number of nitrogens with zero attached hydrogens (tertiary/aromatic N) is 1. The average Bonchev–Trinajstić information content (AvgIpc) is 2.21. The lowest BCUT2D eigenvalue weighted by molar-refractivity contribution is -0.108. The van der Waals surface area contributed by atoms with Crippen molar-refractivity contribution in [3.8, 4) is 0 Å². The topological polar surface area (TPSA) is 51.6 Å². The second kappa shape index (κ2) is 4.91. The molecule has 72 valence electrons. The molecule has 0 atom stereocenters. The van der Waals surface area contributed by atoms with Gasteiger partial charge in [-0.1, -0.05) is 6.07 Å². The normalized spacial score (nSPS) is 10.8. The molecule has 0 spiro atoms. The molecule has 1 heterocycles. The fraction of sp³-hybridized carbons (Fsp3) is 0.444. The Kier molecular flexibility index (Phi) is 3.82. The summed E-state index contributed by atoms with van der Waals surface area (Å²) in [5.41, 5.74) is 1.47. The van der Waals surface area contributed by atoms with E-state index >= 15 is 0 Å². The van der Waals surface area contributed by atoms with Crippen molar-refractivity contribution in [1.82, 2.24) is 4.98 Å². The molecule has 0 amide bonds. The molecule has 1 aromatic rings. The molecule has 0 aliphatic carbocycles. The number of aliphatic hydroxyl groups is 1. The number of pyridine rings is 1. The maximum absolute atomic E-state index is 8.78. The number of hydrogen-bond donors (Lipinski definition) is 1. The van der Waals surface area contributed by atoms with Crippen LogP contribution in [-0.4, -0.2) is 24.3 Å². The van der Waals surface area contributed by atoms with E-state index in [2.05, 4.69) is 4.98 Å². The summed E-state index contributed by atoms with van der Waals surface area (Å²) in [5, 5.41) is 8.78. The van der Waals surface area contributed by atoms with E-state index in [1.54, 1.807) is 32.5 Å². The zero-order valence-electron chi connectivity index (χ0n) is 7.73. The lowest BCUT2D eigenvalue weighted by atomic mass is 10.2. The lowest BCUT2D eigenvalue weighted by Gasteiger charge is -2.12. The Morgan fingerprint density at radius 3 is 2.46 bits per heavy atom. The van der Waals surface area contributed by atoms with Gasteiger partial charge in [0.15, 0.2) is 0 Å². The molecular formula is C9H13NO3. The van der Waals surface area contributed by atoms with Crippen molar-refractivity contribution < 1.29 is 14.6 Å². The van der Waals surface area contributed by atoms with E-state index in [0.29, 0.717) is 5.69 Å². The van der Waals surface area contributed by atoms with E-state index in [9.17, 15) is 0 Å². The van der Waals surface area contributed by atoms with Gasteiger partial charge in [0.05, 0.1) is 12.3 Å². The van der Waals surface area contributed by atoms with Crippen LogP contribution in [-0.2, 0) is 16.1 Å². The highest BCUT2D eigenvalue weighted by atomic mass is 16.7. The SMILES string of the molecule is COC(OC)c1ccc(CO)cn1. The standard InChI is InChI=1S/C9H13NO3/c1-12-9(13-2)8-4-3-7(6-11)5-10-8/h3-5,9,11H,6H2,1-2H3. The van der Waals surface area contributed by atoms with Crippen molar-refractivity contribution in [2.45, 2.75) is 12.9 Å². The summed E-state index contributed by atoms with van der Waals surface area (Å²) in [7, 11) is 3.10. The predicted molar refractivity (Wildman–Crippen MR) is 46.9 cm³/mol. The summed E-state index contributed by atoms with van der Waals surface area (Å²) in [5.74, 6) is 0. The van der Waals surface area contributed by atoms with Crippen LogP contribution in [0.2, 0.25) is 0 Å². The van der Waals surface area contributed by atoms with Crippen LogP contribution < -0.4 is 0 Å². The van der Waals surface area contributed by atoms with Crippen molar-refractivity contribution in [2.24, 2.45) is 0 Å². The fourth-order valence-corrected chi connectivity index (χ4v) is 1.01. The summed E-state index contributed by atoms with van der Waals surface area (Å²) in [6, 6.07) is 3.55. The van der Waals surface area contributed by atoms with Crippen LogP contribution in [0.4, 0.5) is 0 Å².